The molecule has 2 N–H and O–H groups in total. The summed E-state index contributed by atoms with van der Waals surface area (Å²) in [6.07, 6.45) is 6.02. The fourth-order valence-electron chi connectivity index (χ4n) is 2.28. The highest BCUT2D eigenvalue weighted by molar-refractivity contribution is 5.17. The highest BCUT2D eigenvalue weighted by Crippen LogP contribution is 2.18. The van der Waals surface area contributed by atoms with Crippen LogP contribution in [0.4, 0.5) is 0 Å². The van der Waals surface area contributed by atoms with Gasteiger partial charge in [-0.15, -0.1) is 0 Å². The summed E-state index contributed by atoms with van der Waals surface area (Å²) >= 11 is 0. The van der Waals surface area contributed by atoms with Gasteiger partial charge in [-0.1, -0.05) is 18.9 Å². The highest BCUT2D eigenvalue weighted by Gasteiger charge is 2.22. The van der Waals surface area contributed by atoms with Gasteiger partial charge < -0.3 is 10.4 Å². The molecule has 1 aromatic heterocycles. The number of rotatable bonds is 3. The molecule has 0 spiro atoms. The lowest BCUT2D eigenvalue weighted by molar-refractivity contribution is 0.0900. The van der Waals surface area contributed by atoms with Crippen LogP contribution < -0.4 is 5.32 Å². The topological polar surface area (TPSA) is 45.2 Å². The first-order valence-electron chi connectivity index (χ1n) is 6.09. The summed E-state index contributed by atoms with van der Waals surface area (Å²) in [6.45, 7) is 2.83. The molecule has 2 atom stereocenters. The van der Waals surface area contributed by atoms with Gasteiger partial charge in [0, 0.05) is 18.8 Å². The lowest BCUT2D eigenvalue weighted by atomic mass is 9.92. The quantitative estimate of drug-likeness (QED) is 0.816. The Morgan fingerprint density at radius 3 is 3.00 bits per heavy atom. The first-order chi connectivity index (χ1) is 7.77. The Kier molecular flexibility index (Phi) is 3.91. The summed E-state index contributed by atoms with van der Waals surface area (Å²) in [5, 5.41) is 13.2. The Morgan fingerprint density at radius 1 is 1.44 bits per heavy atom. The second kappa shape index (κ2) is 5.41. The predicted octanol–water partition coefficient (Wildman–Crippen LogP) is 1.78. The third kappa shape index (κ3) is 2.80. The number of aromatic nitrogens is 1. The van der Waals surface area contributed by atoms with Gasteiger partial charge in [-0.2, -0.15) is 0 Å². The smallest absolute Gasteiger partial charge is 0.0693 e. The van der Waals surface area contributed by atoms with Gasteiger partial charge in [0.25, 0.3) is 0 Å². The Bertz CT molecular complexity index is 340. The van der Waals surface area contributed by atoms with E-state index in [1.165, 1.54) is 12.0 Å². The van der Waals surface area contributed by atoms with Crippen LogP contribution >= 0.6 is 0 Å². The molecule has 1 heterocycles. The zero-order chi connectivity index (χ0) is 11.4. The standard InChI is InChI=1S/C13H20N2O/c1-10-5-4-8-14-12(10)9-15-11-6-2-3-7-13(11)16/h4-5,8,11,13,15-16H,2-3,6-7,9H2,1H3/t11-,13-/m0/s1. The molecule has 1 saturated carbocycles. The van der Waals surface area contributed by atoms with Gasteiger partial charge in [0.2, 0.25) is 0 Å². The van der Waals surface area contributed by atoms with E-state index in [1.54, 1.807) is 0 Å². The normalized spacial score (nSPS) is 25.6. The molecule has 3 heteroatoms. The minimum absolute atomic E-state index is 0.183. The second-order valence-corrected chi connectivity index (χ2v) is 4.61. The van der Waals surface area contributed by atoms with Crippen LogP contribution in [0.1, 0.15) is 36.9 Å². The van der Waals surface area contributed by atoms with Gasteiger partial charge in [0.05, 0.1) is 11.8 Å². The molecule has 0 saturated heterocycles. The minimum atomic E-state index is -0.183. The van der Waals surface area contributed by atoms with Crippen LogP contribution in [0.2, 0.25) is 0 Å². The lowest BCUT2D eigenvalue weighted by Crippen LogP contribution is -2.41. The van der Waals surface area contributed by atoms with E-state index in [4.69, 9.17) is 0 Å². The summed E-state index contributed by atoms with van der Waals surface area (Å²) in [7, 11) is 0. The van der Waals surface area contributed by atoms with Crippen molar-refractivity contribution in [3.63, 3.8) is 0 Å². The number of aliphatic hydroxyl groups excluding tert-OH is 1. The van der Waals surface area contributed by atoms with Crippen LogP contribution in [-0.4, -0.2) is 22.2 Å². The maximum absolute atomic E-state index is 9.83. The number of aliphatic hydroxyl groups is 1. The van der Waals surface area contributed by atoms with Crippen molar-refractivity contribution in [2.75, 3.05) is 0 Å². The second-order valence-electron chi connectivity index (χ2n) is 4.61. The summed E-state index contributed by atoms with van der Waals surface area (Å²) in [6, 6.07) is 4.27. The number of nitrogens with zero attached hydrogens (tertiary/aromatic N) is 1. The molecular formula is C13H20N2O. The largest absolute Gasteiger partial charge is 0.392 e. The van der Waals surface area contributed by atoms with Crippen molar-refractivity contribution < 1.29 is 5.11 Å². The van der Waals surface area contributed by atoms with E-state index < -0.39 is 0 Å². The van der Waals surface area contributed by atoms with Crippen molar-refractivity contribution in [2.24, 2.45) is 0 Å². The van der Waals surface area contributed by atoms with Crippen molar-refractivity contribution in [3.05, 3.63) is 29.6 Å². The van der Waals surface area contributed by atoms with Gasteiger partial charge in [0.15, 0.2) is 0 Å². The van der Waals surface area contributed by atoms with Gasteiger partial charge in [0.1, 0.15) is 0 Å². The molecule has 0 unspecified atom stereocenters. The molecule has 1 aliphatic rings. The van der Waals surface area contributed by atoms with Crippen LogP contribution in [-0.2, 0) is 6.54 Å². The van der Waals surface area contributed by atoms with Crippen molar-refractivity contribution in [2.45, 2.75) is 51.3 Å². The van der Waals surface area contributed by atoms with Crippen LogP contribution in [0.3, 0.4) is 0 Å². The Hall–Kier alpha value is -0.930. The summed E-state index contributed by atoms with van der Waals surface area (Å²) in [5.74, 6) is 0. The maximum atomic E-state index is 9.83. The van der Waals surface area contributed by atoms with Crippen molar-refractivity contribution in [1.29, 1.82) is 0 Å². The van der Waals surface area contributed by atoms with Crippen molar-refractivity contribution in [1.82, 2.24) is 10.3 Å². The van der Waals surface area contributed by atoms with Crippen LogP contribution in [0.15, 0.2) is 18.3 Å². The molecule has 88 valence electrons. The molecule has 2 rings (SSSR count). The molecule has 0 aromatic carbocycles. The molecule has 0 radical (unpaired) electrons. The van der Waals surface area contributed by atoms with Gasteiger partial charge in [-0.25, -0.2) is 0 Å². The highest BCUT2D eigenvalue weighted by atomic mass is 16.3. The van der Waals surface area contributed by atoms with Gasteiger partial charge in [-0.3, -0.25) is 4.98 Å². The van der Waals surface area contributed by atoms with Crippen molar-refractivity contribution >= 4 is 0 Å². The zero-order valence-corrected chi connectivity index (χ0v) is 9.82. The van der Waals surface area contributed by atoms with E-state index in [9.17, 15) is 5.11 Å². The summed E-state index contributed by atoms with van der Waals surface area (Å²) < 4.78 is 0. The number of pyridine rings is 1. The van der Waals surface area contributed by atoms with Gasteiger partial charge >= 0.3 is 0 Å². The maximum Gasteiger partial charge on any atom is 0.0693 e. The van der Waals surface area contributed by atoms with E-state index in [2.05, 4.69) is 23.3 Å². The fraction of sp³-hybridized carbons (Fsp3) is 0.615. The Labute approximate surface area is 96.9 Å². The number of aryl methyl sites for hydroxylation is 1. The average Bonchev–Trinajstić information content (AvgIpc) is 2.30. The molecule has 1 fully saturated rings. The SMILES string of the molecule is Cc1cccnc1CN[C@H]1CCCC[C@@H]1O. The van der Waals surface area contributed by atoms with E-state index in [-0.39, 0.29) is 12.1 Å². The summed E-state index contributed by atoms with van der Waals surface area (Å²) in [4.78, 5) is 4.34. The van der Waals surface area contributed by atoms with E-state index in [1.807, 2.05) is 12.3 Å². The van der Waals surface area contributed by atoms with E-state index in [0.29, 0.717) is 0 Å². The minimum Gasteiger partial charge on any atom is -0.392 e. The van der Waals surface area contributed by atoms with Crippen LogP contribution in [0.5, 0.6) is 0 Å². The molecule has 0 bridgehead atoms. The zero-order valence-electron chi connectivity index (χ0n) is 9.82. The molecule has 16 heavy (non-hydrogen) atoms. The average molecular weight is 220 g/mol. The Morgan fingerprint density at radius 2 is 2.25 bits per heavy atom. The third-order valence-electron chi connectivity index (χ3n) is 3.38. The summed E-state index contributed by atoms with van der Waals surface area (Å²) in [5.41, 5.74) is 2.29. The van der Waals surface area contributed by atoms with E-state index in [0.717, 1.165) is 31.5 Å². The monoisotopic (exact) mass is 220 g/mol. The molecular weight excluding hydrogens is 200 g/mol. The first-order valence-corrected chi connectivity index (χ1v) is 6.09. The first kappa shape index (κ1) is 11.6. The molecule has 1 aromatic rings. The molecule has 0 amide bonds. The Balaban J connectivity index is 1.89. The van der Waals surface area contributed by atoms with Crippen LogP contribution in [0, 0.1) is 6.92 Å². The van der Waals surface area contributed by atoms with Crippen molar-refractivity contribution in [3.8, 4) is 0 Å². The van der Waals surface area contributed by atoms with E-state index >= 15 is 0 Å². The lowest BCUT2D eigenvalue weighted by Gasteiger charge is -2.28. The number of hydrogen-bond donors (Lipinski definition) is 2. The van der Waals surface area contributed by atoms with Crippen LogP contribution in [0.25, 0.3) is 0 Å². The van der Waals surface area contributed by atoms with Gasteiger partial charge in [-0.05, 0) is 31.4 Å². The molecule has 0 aliphatic heterocycles. The molecule has 3 nitrogen and oxygen atoms in total. The molecule has 1 aliphatic carbocycles. The third-order valence-corrected chi connectivity index (χ3v) is 3.38. The number of hydrogen-bond acceptors (Lipinski definition) is 3. The predicted molar refractivity (Wildman–Crippen MR) is 64.1 cm³/mol. The number of nitrogens with one attached hydrogen (secondary N) is 1. The fourth-order valence-corrected chi connectivity index (χ4v) is 2.28.